The topological polar surface area (TPSA) is 82.7 Å². The number of halogens is 3. The molecule has 0 unspecified atom stereocenters. The predicted octanol–water partition coefficient (Wildman–Crippen LogP) is 2.55. The van der Waals surface area contributed by atoms with Crippen LogP contribution in [0.4, 0.5) is 18.0 Å². The number of benzene rings is 1. The van der Waals surface area contributed by atoms with Crippen molar-refractivity contribution in [3.63, 3.8) is 0 Å². The molecular weight excluding hydrogens is 341 g/mol. The molecule has 1 aromatic heterocycles. The van der Waals surface area contributed by atoms with Gasteiger partial charge in [-0.25, -0.2) is 4.79 Å². The third kappa shape index (κ3) is 4.08. The molecule has 1 aliphatic heterocycles. The van der Waals surface area contributed by atoms with E-state index in [0.717, 1.165) is 12.1 Å². The highest BCUT2D eigenvalue weighted by Crippen LogP contribution is 2.31. The predicted molar refractivity (Wildman–Crippen MR) is 79.6 cm³/mol. The number of nitrogens with zero attached hydrogens (tertiary/aromatic N) is 4. The Hall–Kier alpha value is -2.62. The summed E-state index contributed by atoms with van der Waals surface area (Å²) >= 11 is 0. The molecule has 1 aliphatic rings. The summed E-state index contributed by atoms with van der Waals surface area (Å²) in [5.74, 6) is 0.362. The van der Waals surface area contributed by atoms with Gasteiger partial charge in [0.25, 0.3) is 5.89 Å². The van der Waals surface area contributed by atoms with Crippen LogP contribution in [-0.4, -0.2) is 57.3 Å². The molecule has 2 heterocycles. The quantitative estimate of drug-likeness (QED) is 0.910. The van der Waals surface area contributed by atoms with E-state index in [1.54, 1.807) is 0 Å². The number of amides is 1. The minimum atomic E-state index is -4.44. The summed E-state index contributed by atoms with van der Waals surface area (Å²) < 4.78 is 43.4. The van der Waals surface area contributed by atoms with Gasteiger partial charge >= 0.3 is 12.3 Å². The molecule has 1 fully saturated rings. The number of carboxylic acid groups (broad SMARTS) is 1. The Morgan fingerprint density at radius 2 is 1.96 bits per heavy atom. The second kappa shape index (κ2) is 6.71. The molecule has 1 saturated heterocycles. The van der Waals surface area contributed by atoms with Crippen molar-refractivity contribution in [3.8, 4) is 11.5 Å². The van der Waals surface area contributed by atoms with E-state index in [0.29, 0.717) is 38.5 Å². The highest BCUT2D eigenvalue weighted by Gasteiger charge is 2.31. The van der Waals surface area contributed by atoms with E-state index in [1.165, 1.54) is 17.0 Å². The van der Waals surface area contributed by atoms with Gasteiger partial charge in [0.1, 0.15) is 0 Å². The minimum absolute atomic E-state index is 0.0188. The Bertz CT molecular complexity index is 754. The number of aromatic nitrogens is 2. The minimum Gasteiger partial charge on any atom is -0.465 e. The molecule has 0 spiro atoms. The number of piperazine rings is 1. The molecule has 7 nitrogen and oxygen atoms in total. The highest BCUT2D eigenvalue weighted by atomic mass is 19.4. The summed E-state index contributed by atoms with van der Waals surface area (Å²) in [7, 11) is 0. The van der Waals surface area contributed by atoms with Gasteiger partial charge in [0.2, 0.25) is 0 Å². The van der Waals surface area contributed by atoms with Gasteiger partial charge in [-0.15, -0.1) is 0 Å². The molecule has 1 amide bonds. The van der Waals surface area contributed by atoms with E-state index >= 15 is 0 Å². The smallest absolute Gasteiger partial charge is 0.416 e. The first-order chi connectivity index (χ1) is 11.8. The highest BCUT2D eigenvalue weighted by molar-refractivity contribution is 5.65. The van der Waals surface area contributed by atoms with Crippen molar-refractivity contribution in [1.82, 2.24) is 19.9 Å². The van der Waals surface area contributed by atoms with Gasteiger partial charge in [0.05, 0.1) is 12.1 Å². The Morgan fingerprint density at radius 3 is 2.60 bits per heavy atom. The van der Waals surface area contributed by atoms with Crippen molar-refractivity contribution in [2.45, 2.75) is 12.7 Å². The molecule has 134 valence electrons. The van der Waals surface area contributed by atoms with Crippen molar-refractivity contribution >= 4 is 6.09 Å². The van der Waals surface area contributed by atoms with Crippen LogP contribution in [-0.2, 0) is 12.7 Å². The standard InChI is InChI=1S/C15H15F3N4O3/c16-15(17,18)11-3-1-2-10(8-11)13-19-12(20-25-13)9-21-4-6-22(7-5-21)14(23)24/h1-3,8H,4-7,9H2,(H,23,24). The van der Waals surface area contributed by atoms with E-state index in [1.807, 2.05) is 4.90 Å². The van der Waals surface area contributed by atoms with Gasteiger partial charge in [-0.05, 0) is 18.2 Å². The third-order valence-corrected chi connectivity index (χ3v) is 3.91. The average molecular weight is 356 g/mol. The number of hydrogen-bond donors (Lipinski definition) is 1. The third-order valence-electron chi connectivity index (χ3n) is 3.91. The molecular formula is C15H15F3N4O3. The maximum atomic E-state index is 12.8. The zero-order valence-corrected chi connectivity index (χ0v) is 13.0. The number of carbonyl (C=O) groups is 1. The number of rotatable bonds is 3. The van der Waals surface area contributed by atoms with E-state index in [4.69, 9.17) is 9.63 Å². The molecule has 0 saturated carbocycles. The van der Waals surface area contributed by atoms with Crippen LogP contribution in [0, 0.1) is 0 Å². The first-order valence-electron chi connectivity index (χ1n) is 7.53. The van der Waals surface area contributed by atoms with Gasteiger partial charge in [0.15, 0.2) is 5.82 Å². The van der Waals surface area contributed by atoms with Crippen LogP contribution in [0.3, 0.4) is 0 Å². The molecule has 0 radical (unpaired) electrons. The van der Waals surface area contributed by atoms with Crippen molar-refractivity contribution in [2.24, 2.45) is 0 Å². The number of alkyl halides is 3. The van der Waals surface area contributed by atoms with E-state index in [-0.39, 0.29) is 11.5 Å². The van der Waals surface area contributed by atoms with Gasteiger partial charge in [0, 0.05) is 31.7 Å². The lowest BCUT2D eigenvalue weighted by Gasteiger charge is -2.32. The molecule has 1 aromatic carbocycles. The number of hydrogen-bond acceptors (Lipinski definition) is 5. The Labute approximate surface area is 140 Å². The maximum absolute atomic E-state index is 12.8. The van der Waals surface area contributed by atoms with Gasteiger partial charge in [-0.1, -0.05) is 11.2 Å². The van der Waals surface area contributed by atoms with Crippen LogP contribution in [0.15, 0.2) is 28.8 Å². The largest absolute Gasteiger partial charge is 0.465 e. The van der Waals surface area contributed by atoms with E-state index in [9.17, 15) is 18.0 Å². The first-order valence-corrected chi connectivity index (χ1v) is 7.53. The average Bonchev–Trinajstić information content (AvgIpc) is 3.03. The molecule has 0 atom stereocenters. The van der Waals surface area contributed by atoms with Gasteiger partial charge in [-0.3, -0.25) is 4.90 Å². The molecule has 25 heavy (non-hydrogen) atoms. The Balaban J connectivity index is 1.66. The molecule has 0 aliphatic carbocycles. The van der Waals surface area contributed by atoms with Crippen LogP contribution in [0.5, 0.6) is 0 Å². The zero-order valence-electron chi connectivity index (χ0n) is 13.0. The van der Waals surface area contributed by atoms with Gasteiger partial charge in [-0.2, -0.15) is 18.2 Å². The molecule has 3 rings (SSSR count). The van der Waals surface area contributed by atoms with Crippen molar-refractivity contribution < 1.29 is 27.6 Å². The van der Waals surface area contributed by atoms with Crippen LogP contribution in [0.2, 0.25) is 0 Å². The summed E-state index contributed by atoms with van der Waals surface area (Å²) in [4.78, 5) is 18.3. The van der Waals surface area contributed by atoms with E-state index in [2.05, 4.69) is 10.1 Å². The summed E-state index contributed by atoms with van der Waals surface area (Å²) in [6.45, 7) is 2.16. The summed E-state index contributed by atoms with van der Waals surface area (Å²) in [6.07, 6.45) is -5.39. The fraction of sp³-hybridized carbons (Fsp3) is 0.400. The lowest BCUT2D eigenvalue weighted by atomic mass is 10.1. The second-order valence-corrected chi connectivity index (χ2v) is 5.64. The Morgan fingerprint density at radius 1 is 1.24 bits per heavy atom. The zero-order chi connectivity index (χ0) is 18.0. The second-order valence-electron chi connectivity index (χ2n) is 5.64. The van der Waals surface area contributed by atoms with Gasteiger partial charge < -0.3 is 14.5 Å². The summed E-state index contributed by atoms with van der Waals surface area (Å²) in [6, 6.07) is 4.69. The molecule has 2 aromatic rings. The van der Waals surface area contributed by atoms with Crippen LogP contribution < -0.4 is 0 Å². The van der Waals surface area contributed by atoms with Crippen LogP contribution in [0.1, 0.15) is 11.4 Å². The lowest BCUT2D eigenvalue weighted by Crippen LogP contribution is -2.47. The van der Waals surface area contributed by atoms with Crippen molar-refractivity contribution in [2.75, 3.05) is 26.2 Å². The monoisotopic (exact) mass is 356 g/mol. The van der Waals surface area contributed by atoms with Crippen molar-refractivity contribution in [3.05, 3.63) is 35.7 Å². The molecule has 10 heteroatoms. The summed E-state index contributed by atoms with van der Waals surface area (Å²) in [5.41, 5.74) is -0.584. The maximum Gasteiger partial charge on any atom is 0.416 e. The SMILES string of the molecule is O=C(O)N1CCN(Cc2noc(-c3cccc(C(F)(F)F)c3)n2)CC1. The summed E-state index contributed by atoms with van der Waals surface area (Å²) in [5, 5.41) is 12.7. The first kappa shape index (κ1) is 17.2. The van der Waals surface area contributed by atoms with Crippen LogP contribution in [0.25, 0.3) is 11.5 Å². The fourth-order valence-electron chi connectivity index (χ4n) is 2.56. The molecule has 0 bridgehead atoms. The molecule has 1 N–H and O–H groups in total. The van der Waals surface area contributed by atoms with Crippen molar-refractivity contribution in [1.29, 1.82) is 0 Å². The van der Waals surface area contributed by atoms with E-state index < -0.39 is 17.8 Å². The fourth-order valence-corrected chi connectivity index (χ4v) is 2.56. The van der Waals surface area contributed by atoms with Crippen LogP contribution >= 0.6 is 0 Å². The normalized spacial score (nSPS) is 16.2. The Kier molecular flexibility index (Phi) is 4.62. The lowest BCUT2D eigenvalue weighted by molar-refractivity contribution is -0.137.